The molecule has 0 spiro atoms. The van der Waals surface area contributed by atoms with Crippen LogP contribution >= 0.6 is 0 Å². The zero-order chi connectivity index (χ0) is 11.4. The van der Waals surface area contributed by atoms with Gasteiger partial charge in [0.1, 0.15) is 0 Å². The number of aromatic carboxylic acids is 1. The van der Waals surface area contributed by atoms with Gasteiger partial charge < -0.3 is 9.90 Å². The average molecular weight is 212 g/mol. The summed E-state index contributed by atoms with van der Waals surface area (Å²) in [5.41, 5.74) is 2.12. The summed E-state index contributed by atoms with van der Waals surface area (Å²) in [4.78, 5) is 14.3. The van der Waals surface area contributed by atoms with Crippen molar-refractivity contribution in [2.45, 2.75) is 6.42 Å². The smallest absolute Gasteiger partial charge is 0.0899 e. The van der Waals surface area contributed by atoms with Crippen LogP contribution in [0.4, 0.5) is 0 Å². The molecule has 0 atom stereocenters. The lowest BCUT2D eigenvalue weighted by atomic mass is 10.1. The van der Waals surface area contributed by atoms with Crippen LogP contribution in [0.1, 0.15) is 21.6 Å². The minimum absolute atomic E-state index is 0.0307. The minimum Gasteiger partial charge on any atom is -0.543 e. The van der Waals surface area contributed by atoms with E-state index in [0.29, 0.717) is 0 Å². The maximum atomic E-state index is 10.5. The quantitative estimate of drug-likeness (QED) is 0.763. The highest BCUT2D eigenvalue weighted by atomic mass is 16.4. The molecule has 0 radical (unpaired) electrons. The summed E-state index contributed by atoms with van der Waals surface area (Å²) in [5, 5.41) is 10.5. The molecule has 3 heteroatoms. The molecule has 16 heavy (non-hydrogen) atoms. The van der Waals surface area contributed by atoms with Crippen molar-refractivity contribution < 1.29 is 9.90 Å². The Labute approximate surface area is 93.4 Å². The number of nitrogens with zero attached hydrogens (tertiary/aromatic N) is 1. The number of benzene rings is 1. The molecule has 2 rings (SSSR count). The fraction of sp³-hybridized carbons (Fsp3) is 0.0769. The van der Waals surface area contributed by atoms with Gasteiger partial charge in [-0.05, 0) is 23.6 Å². The first-order chi connectivity index (χ1) is 7.75. The Morgan fingerprint density at radius 2 is 1.81 bits per heavy atom. The summed E-state index contributed by atoms with van der Waals surface area (Å²) < 4.78 is 0. The minimum atomic E-state index is -1.24. The van der Waals surface area contributed by atoms with Crippen molar-refractivity contribution >= 4 is 5.97 Å². The van der Waals surface area contributed by atoms with Gasteiger partial charge in [-0.15, -0.1) is 0 Å². The zero-order valence-electron chi connectivity index (χ0n) is 8.59. The molecule has 1 heterocycles. The molecule has 0 aliphatic rings. The van der Waals surface area contributed by atoms with Gasteiger partial charge in [-0.1, -0.05) is 36.4 Å². The normalized spacial score (nSPS) is 10.0. The van der Waals surface area contributed by atoms with Crippen LogP contribution in [0.15, 0.2) is 48.7 Å². The standard InChI is InChI=1S/C13H11NO2/c15-13(16)12-7-6-11(9-14-12)8-10-4-2-1-3-5-10/h1-7,9H,8H2,(H,15,16)/p-1. The Balaban J connectivity index is 2.14. The molecule has 2 aromatic rings. The number of carboxylic acid groups (broad SMARTS) is 1. The van der Waals surface area contributed by atoms with Crippen molar-refractivity contribution in [3.05, 3.63) is 65.5 Å². The first-order valence-corrected chi connectivity index (χ1v) is 4.96. The van der Waals surface area contributed by atoms with Crippen molar-refractivity contribution in [1.82, 2.24) is 4.98 Å². The van der Waals surface area contributed by atoms with Gasteiger partial charge in [0, 0.05) is 6.20 Å². The second-order valence-electron chi connectivity index (χ2n) is 3.50. The number of hydrogen-bond acceptors (Lipinski definition) is 3. The third-order valence-corrected chi connectivity index (χ3v) is 2.28. The van der Waals surface area contributed by atoms with Crippen LogP contribution in [0.3, 0.4) is 0 Å². The Morgan fingerprint density at radius 3 is 2.38 bits per heavy atom. The summed E-state index contributed by atoms with van der Waals surface area (Å²) in [6.45, 7) is 0. The molecule has 0 aliphatic carbocycles. The summed E-state index contributed by atoms with van der Waals surface area (Å²) >= 11 is 0. The maximum absolute atomic E-state index is 10.5. The van der Waals surface area contributed by atoms with E-state index in [0.717, 1.165) is 12.0 Å². The van der Waals surface area contributed by atoms with Crippen LogP contribution in [0.5, 0.6) is 0 Å². The Hall–Kier alpha value is -2.16. The van der Waals surface area contributed by atoms with Gasteiger partial charge in [0.2, 0.25) is 0 Å². The molecule has 0 N–H and O–H groups in total. The van der Waals surface area contributed by atoms with Crippen molar-refractivity contribution in [3.63, 3.8) is 0 Å². The van der Waals surface area contributed by atoms with E-state index >= 15 is 0 Å². The highest BCUT2D eigenvalue weighted by molar-refractivity contribution is 5.83. The number of carboxylic acids is 1. The van der Waals surface area contributed by atoms with Crippen LogP contribution in [0.25, 0.3) is 0 Å². The number of pyridine rings is 1. The van der Waals surface area contributed by atoms with Gasteiger partial charge in [-0.2, -0.15) is 0 Å². The van der Waals surface area contributed by atoms with Crippen molar-refractivity contribution in [2.75, 3.05) is 0 Å². The van der Waals surface area contributed by atoms with Gasteiger partial charge >= 0.3 is 0 Å². The van der Waals surface area contributed by atoms with Crippen LogP contribution in [0.2, 0.25) is 0 Å². The molecule has 1 aromatic heterocycles. The van der Waals surface area contributed by atoms with Crippen molar-refractivity contribution in [3.8, 4) is 0 Å². The van der Waals surface area contributed by atoms with Gasteiger partial charge in [0.05, 0.1) is 11.7 Å². The first-order valence-electron chi connectivity index (χ1n) is 4.96. The Bertz CT molecular complexity index is 477. The lowest BCUT2D eigenvalue weighted by Gasteiger charge is -2.04. The van der Waals surface area contributed by atoms with Gasteiger partial charge in [-0.3, -0.25) is 4.98 Å². The fourth-order valence-corrected chi connectivity index (χ4v) is 1.48. The van der Waals surface area contributed by atoms with Gasteiger partial charge in [0.15, 0.2) is 0 Å². The molecule has 0 bridgehead atoms. The molecule has 3 nitrogen and oxygen atoms in total. The van der Waals surface area contributed by atoms with E-state index in [4.69, 9.17) is 0 Å². The van der Waals surface area contributed by atoms with Gasteiger partial charge in [0.25, 0.3) is 0 Å². The van der Waals surface area contributed by atoms with Crippen molar-refractivity contribution in [2.24, 2.45) is 0 Å². The van der Waals surface area contributed by atoms with Crippen LogP contribution in [0, 0.1) is 0 Å². The summed E-state index contributed by atoms with van der Waals surface area (Å²) in [5.74, 6) is -1.24. The molecule has 1 aromatic carbocycles. The SMILES string of the molecule is O=C([O-])c1ccc(Cc2ccccc2)cn1. The Kier molecular flexibility index (Phi) is 2.96. The van der Waals surface area contributed by atoms with E-state index in [2.05, 4.69) is 4.98 Å². The summed E-state index contributed by atoms with van der Waals surface area (Å²) in [6, 6.07) is 13.2. The summed E-state index contributed by atoms with van der Waals surface area (Å²) in [6.07, 6.45) is 2.32. The maximum Gasteiger partial charge on any atom is 0.0899 e. The number of aromatic nitrogens is 1. The molecule has 0 amide bonds. The number of hydrogen-bond donors (Lipinski definition) is 0. The number of rotatable bonds is 3. The van der Waals surface area contributed by atoms with Crippen LogP contribution < -0.4 is 5.11 Å². The van der Waals surface area contributed by atoms with Crippen molar-refractivity contribution in [1.29, 1.82) is 0 Å². The van der Waals surface area contributed by atoms with Gasteiger partial charge in [-0.25, -0.2) is 0 Å². The zero-order valence-corrected chi connectivity index (χ0v) is 8.59. The monoisotopic (exact) mass is 212 g/mol. The molecular formula is C13H10NO2-. The summed E-state index contributed by atoms with van der Waals surface area (Å²) in [7, 11) is 0. The third kappa shape index (κ3) is 2.45. The highest BCUT2D eigenvalue weighted by Gasteiger charge is 1.98. The van der Waals surface area contributed by atoms with E-state index < -0.39 is 5.97 Å². The predicted octanol–water partition coefficient (Wildman–Crippen LogP) is 1.04. The van der Waals surface area contributed by atoms with E-state index in [1.54, 1.807) is 12.3 Å². The molecular weight excluding hydrogens is 202 g/mol. The second kappa shape index (κ2) is 4.57. The predicted molar refractivity (Wildman–Crippen MR) is 57.8 cm³/mol. The average Bonchev–Trinajstić information content (AvgIpc) is 2.31. The lowest BCUT2D eigenvalue weighted by molar-refractivity contribution is -0.255. The topological polar surface area (TPSA) is 53.0 Å². The van der Waals surface area contributed by atoms with E-state index in [1.807, 2.05) is 30.3 Å². The lowest BCUT2D eigenvalue weighted by Crippen LogP contribution is -2.23. The molecule has 0 fully saturated rings. The number of carbonyl (C=O) groups is 1. The largest absolute Gasteiger partial charge is 0.543 e. The van der Waals surface area contributed by atoms with E-state index in [-0.39, 0.29) is 5.69 Å². The highest BCUT2D eigenvalue weighted by Crippen LogP contribution is 2.08. The fourth-order valence-electron chi connectivity index (χ4n) is 1.48. The molecule has 0 saturated carbocycles. The van der Waals surface area contributed by atoms with E-state index in [1.165, 1.54) is 11.6 Å². The third-order valence-electron chi connectivity index (χ3n) is 2.28. The molecule has 0 saturated heterocycles. The molecule has 80 valence electrons. The van der Waals surface area contributed by atoms with E-state index in [9.17, 15) is 9.90 Å². The molecule has 0 aliphatic heterocycles. The Morgan fingerprint density at radius 1 is 1.06 bits per heavy atom. The van der Waals surface area contributed by atoms with Crippen LogP contribution in [-0.4, -0.2) is 11.0 Å². The molecule has 0 unspecified atom stereocenters. The first kappa shape index (κ1) is 10.4. The number of carbonyl (C=O) groups excluding carboxylic acids is 1. The van der Waals surface area contributed by atoms with Crippen LogP contribution in [-0.2, 0) is 6.42 Å². The second-order valence-corrected chi connectivity index (χ2v) is 3.50.